The predicted molar refractivity (Wildman–Crippen MR) is 63.1 cm³/mol. The van der Waals surface area contributed by atoms with Gasteiger partial charge >= 0.3 is 0 Å². The fraction of sp³-hybridized carbons (Fsp3) is 0.583. The molecule has 1 rings (SSSR count). The third kappa shape index (κ3) is 2.12. The Morgan fingerprint density at radius 2 is 1.93 bits per heavy atom. The summed E-state index contributed by atoms with van der Waals surface area (Å²) >= 11 is 0. The van der Waals surface area contributed by atoms with Gasteiger partial charge in [0.15, 0.2) is 0 Å². The molecule has 0 unspecified atom stereocenters. The van der Waals surface area contributed by atoms with Crippen LogP contribution in [0.4, 0.5) is 0 Å². The maximum atomic E-state index is 12.2. The number of rotatable bonds is 2. The zero-order chi connectivity index (χ0) is 11.8. The zero-order valence-electron chi connectivity index (χ0n) is 10.2. The Kier molecular flexibility index (Phi) is 3.05. The highest BCUT2D eigenvalue weighted by atomic mass is 16.1. The highest BCUT2D eigenvalue weighted by Crippen LogP contribution is 2.17. The van der Waals surface area contributed by atoms with E-state index in [1.807, 2.05) is 40.7 Å². The van der Waals surface area contributed by atoms with Crippen LogP contribution in [0.1, 0.15) is 37.6 Å². The number of pyridine rings is 1. The Morgan fingerprint density at radius 1 is 1.40 bits per heavy atom. The fourth-order valence-electron chi connectivity index (χ4n) is 2.10. The maximum Gasteiger partial charge on any atom is 0.256 e. The van der Waals surface area contributed by atoms with Gasteiger partial charge in [-0.3, -0.25) is 4.79 Å². The molecule has 0 aliphatic heterocycles. The van der Waals surface area contributed by atoms with Gasteiger partial charge < -0.3 is 10.3 Å². The molecule has 15 heavy (non-hydrogen) atoms. The van der Waals surface area contributed by atoms with Crippen LogP contribution in [0, 0.1) is 13.8 Å². The third-order valence-corrected chi connectivity index (χ3v) is 2.67. The van der Waals surface area contributed by atoms with Gasteiger partial charge in [0, 0.05) is 23.3 Å². The van der Waals surface area contributed by atoms with Crippen molar-refractivity contribution in [2.75, 3.05) is 0 Å². The van der Waals surface area contributed by atoms with E-state index < -0.39 is 5.54 Å². The summed E-state index contributed by atoms with van der Waals surface area (Å²) in [7, 11) is 0. The smallest absolute Gasteiger partial charge is 0.256 e. The highest BCUT2D eigenvalue weighted by molar-refractivity contribution is 5.31. The monoisotopic (exact) mass is 208 g/mol. The number of nitrogens with zero attached hydrogens (tertiary/aromatic N) is 1. The summed E-state index contributed by atoms with van der Waals surface area (Å²) in [6.07, 6.45) is 0. The van der Waals surface area contributed by atoms with Gasteiger partial charge in [0.05, 0.1) is 0 Å². The molecule has 0 saturated heterocycles. The van der Waals surface area contributed by atoms with Gasteiger partial charge in [0.25, 0.3) is 5.56 Å². The second-order valence-electron chi connectivity index (χ2n) is 4.61. The van der Waals surface area contributed by atoms with Crippen LogP contribution >= 0.6 is 0 Å². The molecule has 2 N–H and O–H groups in total. The van der Waals surface area contributed by atoms with Crippen molar-refractivity contribution >= 4 is 0 Å². The minimum Gasteiger partial charge on any atom is -0.322 e. The molecule has 0 amide bonds. The molecule has 1 aromatic heterocycles. The molecule has 84 valence electrons. The lowest BCUT2D eigenvalue weighted by Gasteiger charge is -2.23. The fourth-order valence-corrected chi connectivity index (χ4v) is 2.10. The Labute approximate surface area is 90.9 Å². The summed E-state index contributed by atoms with van der Waals surface area (Å²) in [5.41, 5.74) is 8.18. The van der Waals surface area contributed by atoms with E-state index in [4.69, 9.17) is 5.73 Å². The van der Waals surface area contributed by atoms with Gasteiger partial charge in [-0.15, -0.1) is 0 Å². The molecule has 0 radical (unpaired) electrons. The van der Waals surface area contributed by atoms with Crippen LogP contribution in [0.25, 0.3) is 0 Å². The van der Waals surface area contributed by atoms with Crippen molar-refractivity contribution in [2.24, 2.45) is 5.73 Å². The first-order chi connectivity index (χ1) is 6.79. The summed E-state index contributed by atoms with van der Waals surface area (Å²) in [4.78, 5) is 12.2. The Bertz CT molecular complexity index is 424. The molecule has 0 aliphatic rings. The zero-order valence-corrected chi connectivity index (χ0v) is 10.2. The average molecular weight is 208 g/mol. The Hall–Kier alpha value is -1.09. The lowest BCUT2D eigenvalue weighted by atomic mass is 9.92. The molecular weight excluding hydrogens is 188 g/mol. The minimum atomic E-state index is -0.578. The standard InChI is InChI=1S/C12H20N2O/c1-6-14-9(3)7-8(2)10(11(14)15)12(4,5)13/h7H,6,13H2,1-5H3. The molecule has 0 spiro atoms. The number of aryl methyl sites for hydroxylation is 2. The minimum absolute atomic E-state index is 0.0440. The largest absolute Gasteiger partial charge is 0.322 e. The van der Waals surface area contributed by atoms with Crippen molar-refractivity contribution in [2.45, 2.75) is 46.7 Å². The molecule has 0 fully saturated rings. The Balaban J connectivity index is 3.61. The summed E-state index contributed by atoms with van der Waals surface area (Å²) in [5.74, 6) is 0. The second kappa shape index (κ2) is 3.81. The van der Waals surface area contributed by atoms with E-state index in [9.17, 15) is 4.79 Å². The van der Waals surface area contributed by atoms with Crippen molar-refractivity contribution < 1.29 is 0 Å². The van der Waals surface area contributed by atoms with Crippen LogP contribution in [0.5, 0.6) is 0 Å². The van der Waals surface area contributed by atoms with E-state index in [0.717, 1.165) is 16.8 Å². The van der Waals surface area contributed by atoms with Crippen LogP contribution in [-0.4, -0.2) is 4.57 Å². The van der Waals surface area contributed by atoms with Gasteiger partial charge in [-0.2, -0.15) is 0 Å². The van der Waals surface area contributed by atoms with Gasteiger partial charge in [-0.1, -0.05) is 0 Å². The number of aromatic nitrogens is 1. The first-order valence-corrected chi connectivity index (χ1v) is 5.29. The van der Waals surface area contributed by atoms with Crippen molar-refractivity contribution in [3.63, 3.8) is 0 Å². The highest BCUT2D eigenvalue weighted by Gasteiger charge is 2.22. The predicted octanol–water partition coefficient (Wildman–Crippen LogP) is 1.68. The molecule has 0 bridgehead atoms. The van der Waals surface area contributed by atoms with Crippen molar-refractivity contribution in [1.29, 1.82) is 0 Å². The summed E-state index contributed by atoms with van der Waals surface area (Å²) in [6.45, 7) is 10.3. The average Bonchev–Trinajstić information content (AvgIpc) is 2.00. The van der Waals surface area contributed by atoms with Crippen LogP contribution in [0.15, 0.2) is 10.9 Å². The SMILES string of the molecule is CCn1c(C)cc(C)c(C(C)(C)N)c1=O. The van der Waals surface area contributed by atoms with Gasteiger partial charge in [0.2, 0.25) is 0 Å². The van der Waals surface area contributed by atoms with Gasteiger partial charge in [-0.05, 0) is 46.2 Å². The molecule has 0 aliphatic carbocycles. The topological polar surface area (TPSA) is 48.0 Å². The molecule has 3 heteroatoms. The number of nitrogens with two attached hydrogens (primary N) is 1. The van der Waals surface area contributed by atoms with Crippen LogP contribution in [0.2, 0.25) is 0 Å². The van der Waals surface area contributed by atoms with E-state index in [1.54, 1.807) is 4.57 Å². The summed E-state index contributed by atoms with van der Waals surface area (Å²) < 4.78 is 1.76. The third-order valence-electron chi connectivity index (χ3n) is 2.67. The van der Waals surface area contributed by atoms with E-state index in [-0.39, 0.29) is 5.56 Å². The second-order valence-corrected chi connectivity index (χ2v) is 4.61. The molecular formula is C12H20N2O. The molecule has 0 saturated carbocycles. The van der Waals surface area contributed by atoms with Crippen LogP contribution < -0.4 is 11.3 Å². The first kappa shape index (κ1) is 12.0. The number of hydrogen-bond donors (Lipinski definition) is 1. The summed E-state index contributed by atoms with van der Waals surface area (Å²) in [5, 5.41) is 0. The Morgan fingerprint density at radius 3 is 2.33 bits per heavy atom. The molecule has 1 aromatic rings. The maximum absolute atomic E-state index is 12.2. The lowest BCUT2D eigenvalue weighted by molar-refractivity contribution is 0.529. The van der Waals surface area contributed by atoms with Crippen molar-refractivity contribution in [1.82, 2.24) is 4.57 Å². The van der Waals surface area contributed by atoms with Crippen LogP contribution in [-0.2, 0) is 12.1 Å². The molecule has 0 atom stereocenters. The quantitative estimate of drug-likeness (QED) is 0.803. The number of hydrogen-bond acceptors (Lipinski definition) is 2. The van der Waals surface area contributed by atoms with E-state index in [2.05, 4.69) is 0 Å². The van der Waals surface area contributed by atoms with Gasteiger partial charge in [0.1, 0.15) is 0 Å². The van der Waals surface area contributed by atoms with Crippen molar-refractivity contribution in [3.05, 3.63) is 33.2 Å². The normalized spacial score (nSPS) is 11.9. The first-order valence-electron chi connectivity index (χ1n) is 5.29. The van der Waals surface area contributed by atoms with E-state index >= 15 is 0 Å². The summed E-state index contributed by atoms with van der Waals surface area (Å²) in [6, 6.07) is 2.02. The molecule has 1 heterocycles. The van der Waals surface area contributed by atoms with E-state index in [1.165, 1.54) is 0 Å². The van der Waals surface area contributed by atoms with E-state index in [0.29, 0.717) is 6.54 Å². The molecule has 3 nitrogen and oxygen atoms in total. The van der Waals surface area contributed by atoms with Crippen molar-refractivity contribution in [3.8, 4) is 0 Å². The molecule has 0 aromatic carbocycles. The van der Waals surface area contributed by atoms with Crippen LogP contribution in [0.3, 0.4) is 0 Å². The lowest BCUT2D eigenvalue weighted by Crippen LogP contribution is -2.39. The van der Waals surface area contributed by atoms with Gasteiger partial charge in [-0.25, -0.2) is 0 Å².